The van der Waals surface area contributed by atoms with Crippen molar-refractivity contribution < 1.29 is 23.8 Å². The smallest absolute Gasteiger partial charge is 0.335 e. The molecule has 8 heteroatoms. The van der Waals surface area contributed by atoms with Crippen molar-refractivity contribution in [2.45, 2.75) is 19.7 Å². The van der Waals surface area contributed by atoms with Crippen LogP contribution in [0.25, 0.3) is 0 Å². The molecule has 0 aliphatic carbocycles. The van der Waals surface area contributed by atoms with Crippen LogP contribution in [0.4, 0.5) is 4.39 Å². The molecule has 3 aromatic rings. The van der Waals surface area contributed by atoms with Crippen LogP contribution in [0.15, 0.2) is 65.1 Å². The Labute approximate surface area is 194 Å². The third kappa shape index (κ3) is 6.69. The zero-order chi connectivity index (χ0) is 21.5. The van der Waals surface area contributed by atoms with Crippen LogP contribution in [-0.4, -0.2) is 18.2 Å². The van der Waals surface area contributed by atoms with Crippen LogP contribution in [0.3, 0.4) is 0 Å². The molecule has 0 heterocycles. The van der Waals surface area contributed by atoms with Crippen molar-refractivity contribution >= 4 is 34.3 Å². The molecule has 0 saturated carbocycles. The second-order valence-corrected chi connectivity index (χ2v) is 7.45. The summed E-state index contributed by atoms with van der Waals surface area (Å²) in [6.07, 6.45) is 0. The van der Waals surface area contributed by atoms with Crippen molar-refractivity contribution in [3.8, 4) is 11.5 Å². The van der Waals surface area contributed by atoms with E-state index >= 15 is 0 Å². The number of nitrogens with one attached hydrogen (secondary N) is 1. The van der Waals surface area contributed by atoms with E-state index in [4.69, 9.17) is 14.6 Å². The number of halogens is 3. The SMILES string of the molecule is COc1cc(CNCc2ccc(C(=O)O)cc2)cc(Br)c1OCc1ccccc1F.Cl. The molecule has 2 N–H and O–H groups in total. The summed E-state index contributed by atoms with van der Waals surface area (Å²) in [5, 5.41) is 12.3. The lowest BCUT2D eigenvalue weighted by Gasteiger charge is -2.15. The highest BCUT2D eigenvalue weighted by Crippen LogP contribution is 2.37. The Morgan fingerprint density at radius 3 is 2.39 bits per heavy atom. The van der Waals surface area contributed by atoms with Crippen LogP contribution in [0.5, 0.6) is 11.5 Å². The molecule has 0 unspecified atom stereocenters. The van der Waals surface area contributed by atoms with Gasteiger partial charge in [0.25, 0.3) is 0 Å². The summed E-state index contributed by atoms with van der Waals surface area (Å²) in [6.45, 7) is 1.25. The number of benzene rings is 3. The predicted octanol–water partition coefficient (Wildman–Crippen LogP) is 5.59. The van der Waals surface area contributed by atoms with E-state index in [2.05, 4.69) is 21.2 Å². The van der Waals surface area contributed by atoms with Gasteiger partial charge in [-0.25, -0.2) is 9.18 Å². The van der Waals surface area contributed by atoms with Gasteiger partial charge in [-0.3, -0.25) is 0 Å². The van der Waals surface area contributed by atoms with Crippen molar-refractivity contribution in [1.82, 2.24) is 5.32 Å². The molecule has 3 aromatic carbocycles. The van der Waals surface area contributed by atoms with Crippen molar-refractivity contribution in [2.75, 3.05) is 7.11 Å². The molecule has 0 spiro atoms. The predicted molar refractivity (Wildman–Crippen MR) is 123 cm³/mol. The maximum atomic E-state index is 13.8. The molecule has 0 fully saturated rings. The fourth-order valence-corrected chi connectivity index (χ4v) is 3.50. The van der Waals surface area contributed by atoms with Gasteiger partial charge in [-0.15, -0.1) is 12.4 Å². The Bertz CT molecular complexity index is 1030. The fraction of sp³-hybridized carbons (Fsp3) is 0.174. The maximum absolute atomic E-state index is 13.8. The number of ether oxygens (including phenoxy) is 2. The first-order valence-electron chi connectivity index (χ1n) is 9.23. The highest BCUT2D eigenvalue weighted by atomic mass is 79.9. The Hall–Kier alpha value is -2.61. The minimum Gasteiger partial charge on any atom is -0.493 e. The first kappa shape index (κ1) is 24.7. The van der Waals surface area contributed by atoms with Gasteiger partial charge in [-0.05, 0) is 57.4 Å². The van der Waals surface area contributed by atoms with Gasteiger partial charge in [0.15, 0.2) is 11.5 Å². The van der Waals surface area contributed by atoms with Gasteiger partial charge in [0.2, 0.25) is 0 Å². The van der Waals surface area contributed by atoms with Crippen molar-refractivity contribution in [3.05, 3.63) is 93.2 Å². The Morgan fingerprint density at radius 2 is 1.74 bits per heavy atom. The maximum Gasteiger partial charge on any atom is 0.335 e. The summed E-state index contributed by atoms with van der Waals surface area (Å²) >= 11 is 3.51. The number of rotatable bonds is 9. The van der Waals surface area contributed by atoms with Crippen LogP contribution in [0.1, 0.15) is 27.0 Å². The number of hydrogen-bond donors (Lipinski definition) is 2. The first-order valence-corrected chi connectivity index (χ1v) is 10.0. The van der Waals surface area contributed by atoms with Crippen LogP contribution >= 0.6 is 28.3 Å². The van der Waals surface area contributed by atoms with Crippen molar-refractivity contribution in [3.63, 3.8) is 0 Å². The number of methoxy groups -OCH3 is 1. The number of hydrogen-bond acceptors (Lipinski definition) is 4. The van der Waals surface area contributed by atoms with E-state index in [1.165, 1.54) is 6.07 Å². The topological polar surface area (TPSA) is 67.8 Å². The van der Waals surface area contributed by atoms with Crippen molar-refractivity contribution in [2.24, 2.45) is 0 Å². The summed E-state index contributed by atoms with van der Waals surface area (Å²) in [7, 11) is 1.55. The molecule has 0 amide bonds. The average molecular weight is 511 g/mol. The van der Waals surface area contributed by atoms with Crippen LogP contribution in [0.2, 0.25) is 0 Å². The van der Waals surface area contributed by atoms with E-state index in [0.717, 1.165) is 11.1 Å². The van der Waals surface area contributed by atoms with E-state index in [1.807, 2.05) is 12.1 Å². The molecule has 0 radical (unpaired) electrons. The standard InChI is InChI=1S/C23H21BrFNO4.ClH/c1-29-21-11-16(13-26-12-15-6-8-17(9-7-15)23(27)28)10-19(24)22(21)30-14-18-4-2-3-5-20(18)25;/h2-11,26H,12-14H2,1H3,(H,27,28);1H. The van der Waals surface area contributed by atoms with Gasteiger partial charge in [-0.1, -0.05) is 30.3 Å². The monoisotopic (exact) mass is 509 g/mol. The molecule has 31 heavy (non-hydrogen) atoms. The van der Waals surface area contributed by atoms with E-state index < -0.39 is 5.97 Å². The Kier molecular flexibility index (Phi) is 9.30. The summed E-state index contributed by atoms with van der Waals surface area (Å²) in [5.74, 6) is -0.203. The number of carboxylic acids is 1. The molecule has 0 atom stereocenters. The van der Waals surface area contributed by atoms with Crippen LogP contribution < -0.4 is 14.8 Å². The molecule has 0 bridgehead atoms. The Morgan fingerprint density at radius 1 is 1.06 bits per heavy atom. The summed E-state index contributed by atoms with van der Waals surface area (Å²) in [4.78, 5) is 10.9. The molecular weight excluding hydrogens is 489 g/mol. The summed E-state index contributed by atoms with van der Waals surface area (Å²) < 4.78 is 25.8. The molecule has 0 aliphatic rings. The molecule has 164 valence electrons. The van der Waals surface area contributed by atoms with Gasteiger partial charge in [0, 0.05) is 18.7 Å². The van der Waals surface area contributed by atoms with Crippen LogP contribution in [0, 0.1) is 5.82 Å². The zero-order valence-electron chi connectivity index (χ0n) is 16.7. The summed E-state index contributed by atoms with van der Waals surface area (Å²) in [6, 6.07) is 17.0. The highest BCUT2D eigenvalue weighted by Gasteiger charge is 2.13. The number of carboxylic acid groups (broad SMARTS) is 1. The largest absolute Gasteiger partial charge is 0.493 e. The van der Waals surface area contributed by atoms with Gasteiger partial charge in [0.05, 0.1) is 17.1 Å². The van der Waals surface area contributed by atoms with E-state index in [0.29, 0.717) is 34.6 Å². The highest BCUT2D eigenvalue weighted by molar-refractivity contribution is 9.10. The molecule has 0 aromatic heterocycles. The van der Waals surface area contributed by atoms with Gasteiger partial charge in [-0.2, -0.15) is 0 Å². The third-order valence-corrected chi connectivity index (χ3v) is 5.07. The van der Waals surface area contributed by atoms with Gasteiger partial charge >= 0.3 is 5.97 Å². The molecule has 5 nitrogen and oxygen atoms in total. The molecule has 3 rings (SSSR count). The lowest BCUT2D eigenvalue weighted by Crippen LogP contribution is -2.13. The minimum atomic E-state index is -0.941. The quantitative estimate of drug-likeness (QED) is 0.393. The van der Waals surface area contributed by atoms with E-state index in [9.17, 15) is 9.18 Å². The minimum absolute atomic E-state index is 0. The van der Waals surface area contributed by atoms with Gasteiger partial charge in [0.1, 0.15) is 12.4 Å². The Balaban J connectivity index is 0.00000341. The number of carbonyl (C=O) groups is 1. The van der Waals surface area contributed by atoms with E-state index in [-0.39, 0.29) is 30.4 Å². The van der Waals surface area contributed by atoms with Gasteiger partial charge < -0.3 is 19.9 Å². The van der Waals surface area contributed by atoms with Crippen molar-refractivity contribution in [1.29, 1.82) is 0 Å². The lowest BCUT2D eigenvalue weighted by molar-refractivity contribution is 0.0697. The zero-order valence-corrected chi connectivity index (χ0v) is 19.1. The van der Waals surface area contributed by atoms with Crippen LogP contribution in [-0.2, 0) is 19.7 Å². The first-order chi connectivity index (χ1) is 14.5. The molecule has 0 saturated heterocycles. The molecular formula is C23H22BrClFNO4. The second kappa shape index (κ2) is 11.7. The summed E-state index contributed by atoms with van der Waals surface area (Å²) in [5.41, 5.74) is 2.68. The normalized spacial score (nSPS) is 10.3. The lowest BCUT2D eigenvalue weighted by atomic mass is 10.1. The average Bonchev–Trinajstić information content (AvgIpc) is 2.74. The second-order valence-electron chi connectivity index (χ2n) is 6.59. The fourth-order valence-electron chi connectivity index (χ4n) is 2.90. The number of aromatic carboxylic acids is 1. The third-order valence-electron chi connectivity index (χ3n) is 4.48. The molecule has 0 aliphatic heterocycles. The van der Waals surface area contributed by atoms with E-state index in [1.54, 1.807) is 49.6 Å².